The second kappa shape index (κ2) is 11.3. The third kappa shape index (κ3) is 5.36. The number of piperazine rings is 1. The molecular weight excluding hydrogens is 493 g/mol. The van der Waals surface area contributed by atoms with Crippen LogP contribution < -0.4 is 19.9 Å². The molecule has 3 aromatic rings. The Morgan fingerprint density at radius 3 is 2.79 bits per heavy atom. The summed E-state index contributed by atoms with van der Waals surface area (Å²) in [6.45, 7) is 5.34. The number of likely N-dealkylation sites (tertiary alicyclic amines) is 1. The predicted molar refractivity (Wildman–Crippen MR) is 151 cm³/mol. The van der Waals surface area contributed by atoms with Gasteiger partial charge in [0.05, 0.1) is 24.7 Å². The molecule has 6 rings (SSSR count). The monoisotopic (exact) mass is 529 g/mol. The first kappa shape index (κ1) is 25.8. The van der Waals surface area contributed by atoms with Crippen LogP contribution in [0.1, 0.15) is 36.9 Å². The highest BCUT2D eigenvalue weighted by Gasteiger charge is 2.29. The average molecular weight is 530 g/mol. The van der Waals surface area contributed by atoms with Gasteiger partial charge in [0.15, 0.2) is 0 Å². The molecule has 3 aliphatic heterocycles. The molecule has 0 saturated carbocycles. The van der Waals surface area contributed by atoms with Crippen molar-refractivity contribution in [1.82, 2.24) is 20.2 Å². The minimum atomic E-state index is -0.204. The second-order valence-electron chi connectivity index (χ2n) is 10.9. The molecule has 2 atom stereocenters. The quantitative estimate of drug-likeness (QED) is 0.515. The summed E-state index contributed by atoms with van der Waals surface area (Å²) in [6.07, 6.45) is 4.50. The van der Waals surface area contributed by atoms with Gasteiger partial charge in [0.25, 0.3) is 0 Å². The van der Waals surface area contributed by atoms with E-state index in [2.05, 4.69) is 33.1 Å². The smallest absolute Gasteiger partial charge is 0.318 e. The summed E-state index contributed by atoms with van der Waals surface area (Å²) in [5, 5.41) is 14.3. The number of nitriles is 1. The van der Waals surface area contributed by atoms with Gasteiger partial charge in [0.1, 0.15) is 18.2 Å². The Labute approximate surface area is 229 Å². The van der Waals surface area contributed by atoms with Gasteiger partial charge in [-0.2, -0.15) is 15.2 Å². The van der Waals surface area contributed by atoms with Gasteiger partial charge >= 0.3 is 6.01 Å². The van der Waals surface area contributed by atoms with Gasteiger partial charge in [0.2, 0.25) is 0 Å². The first-order valence-electron chi connectivity index (χ1n) is 14.1. The topological polar surface area (TPSA) is 80.5 Å². The maximum absolute atomic E-state index is 15.0. The molecule has 1 aromatic heterocycles. The van der Waals surface area contributed by atoms with Crippen LogP contribution in [0.5, 0.6) is 6.01 Å². The molecule has 1 unspecified atom stereocenters. The van der Waals surface area contributed by atoms with E-state index in [-0.39, 0.29) is 11.9 Å². The summed E-state index contributed by atoms with van der Waals surface area (Å²) in [4.78, 5) is 16.8. The van der Waals surface area contributed by atoms with Crippen LogP contribution >= 0.6 is 0 Å². The first-order chi connectivity index (χ1) is 19.1. The summed E-state index contributed by atoms with van der Waals surface area (Å²) in [6, 6.07) is 14.4. The van der Waals surface area contributed by atoms with Crippen molar-refractivity contribution in [3.8, 4) is 12.1 Å². The Bertz CT molecular complexity index is 1370. The number of likely N-dealkylation sites (N-methyl/N-ethyl adjacent to an activating group) is 1. The molecule has 0 aliphatic carbocycles. The SMILES string of the molecule is CN1CCC[C@H]1COc1nc2c(c(N3CCNC(CC#N)C3)n1)CCCN(c1cccc3cccc(F)c13)C2. The van der Waals surface area contributed by atoms with Crippen molar-refractivity contribution in [2.24, 2.45) is 0 Å². The van der Waals surface area contributed by atoms with Crippen molar-refractivity contribution in [1.29, 1.82) is 5.26 Å². The van der Waals surface area contributed by atoms with Crippen LogP contribution in [0.25, 0.3) is 10.8 Å². The number of fused-ring (bicyclic) bond motifs is 2. The van der Waals surface area contributed by atoms with Crippen LogP contribution in [0.2, 0.25) is 0 Å². The zero-order valence-corrected chi connectivity index (χ0v) is 22.6. The lowest BCUT2D eigenvalue weighted by molar-refractivity contribution is 0.187. The molecule has 3 aliphatic rings. The molecular formula is C30H36FN7O. The molecule has 1 N–H and O–H groups in total. The number of halogens is 1. The molecule has 2 aromatic carbocycles. The highest BCUT2D eigenvalue weighted by atomic mass is 19.1. The predicted octanol–water partition coefficient (Wildman–Crippen LogP) is 3.89. The van der Waals surface area contributed by atoms with Crippen LogP contribution in [-0.4, -0.2) is 73.3 Å². The van der Waals surface area contributed by atoms with Crippen molar-refractivity contribution >= 4 is 22.3 Å². The number of nitrogens with zero attached hydrogens (tertiary/aromatic N) is 6. The van der Waals surface area contributed by atoms with E-state index < -0.39 is 0 Å². The normalized spacial score (nSPS) is 22.0. The summed E-state index contributed by atoms with van der Waals surface area (Å²) in [5.41, 5.74) is 2.97. The van der Waals surface area contributed by atoms with Gasteiger partial charge in [-0.1, -0.05) is 24.3 Å². The average Bonchev–Trinajstić information content (AvgIpc) is 3.24. The number of benzene rings is 2. The lowest BCUT2D eigenvalue weighted by atomic mass is 10.1. The number of ether oxygens (including phenoxy) is 1. The van der Waals surface area contributed by atoms with Crippen LogP contribution in [0, 0.1) is 17.1 Å². The Morgan fingerprint density at radius 2 is 1.97 bits per heavy atom. The molecule has 8 nitrogen and oxygen atoms in total. The number of hydrogen-bond donors (Lipinski definition) is 1. The van der Waals surface area contributed by atoms with Crippen molar-refractivity contribution in [2.45, 2.75) is 50.7 Å². The lowest BCUT2D eigenvalue weighted by Crippen LogP contribution is -2.51. The summed E-state index contributed by atoms with van der Waals surface area (Å²) in [5.74, 6) is 0.718. The van der Waals surface area contributed by atoms with Gasteiger partial charge in [-0.25, -0.2) is 4.39 Å². The Balaban J connectivity index is 1.36. The number of hydrogen-bond acceptors (Lipinski definition) is 8. The van der Waals surface area contributed by atoms with Gasteiger partial charge < -0.3 is 24.8 Å². The number of anilines is 2. The van der Waals surface area contributed by atoms with E-state index in [1.54, 1.807) is 6.07 Å². The van der Waals surface area contributed by atoms with Crippen LogP contribution in [0.15, 0.2) is 36.4 Å². The lowest BCUT2D eigenvalue weighted by Gasteiger charge is -2.35. The van der Waals surface area contributed by atoms with Crippen LogP contribution in [0.4, 0.5) is 15.9 Å². The van der Waals surface area contributed by atoms with Gasteiger partial charge in [-0.3, -0.25) is 0 Å². The highest BCUT2D eigenvalue weighted by Crippen LogP contribution is 2.35. The van der Waals surface area contributed by atoms with Crippen LogP contribution in [0.3, 0.4) is 0 Å². The standard InChI is InChI=1S/C30H36FN7O/c1-36-15-4-8-23(36)20-39-30-34-26-19-37(27-11-3-7-21-6-2-10-25(31)28(21)27)16-5-9-24(26)29(35-30)38-17-14-33-22(18-38)12-13-32/h2-3,6-7,10-11,22-23,33H,4-5,8-9,12,14-20H2,1H3/t22?,23-/m0/s1. The second-order valence-corrected chi connectivity index (χ2v) is 10.9. The Morgan fingerprint density at radius 1 is 1.10 bits per heavy atom. The van der Waals surface area contributed by atoms with E-state index in [9.17, 15) is 5.26 Å². The van der Waals surface area contributed by atoms with Crippen molar-refractivity contribution < 1.29 is 9.13 Å². The number of nitrogens with one attached hydrogen (secondary N) is 1. The van der Waals surface area contributed by atoms with E-state index in [4.69, 9.17) is 14.7 Å². The molecule has 2 saturated heterocycles. The molecule has 204 valence electrons. The highest BCUT2D eigenvalue weighted by molar-refractivity contribution is 5.94. The number of aromatic nitrogens is 2. The van der Waals surface area contributed by atoms with Gasteiger partial charge in [0, 0.05) is 54.9 Å². The van der Waals surface area contributed by atoms with E-state index in [1.807, 2.05) is 24.3 Å². The van der Waals surface area contributed by atoms with Crippen molar-refractivity contribution in [3.63, 3.8) is 0 Å². The summed E-state index contributed by atoms with van der Waals surface area (Å²) < 4.78 is 21.3. The summed E-state index contributed by atoms with van der Waals surface area (Å²) in [7, 11) is 2.14. The van der Waals surface area contributed by atoms with E-state index >= 15 is 4.39 Å². The molecule has 2 fully saturated rings. The first-order valence-corrected chi connectivity index (χ1v) is 14.1. The van der Waals surface area contributed by atoms with Crippen LogP contribution in [-0.2, 0) is 13.0 Å². The molecule has 4 heterocycles. The molecule has 0 radical (unpaired) electrons. The minimum absolute atomic E-state index is 0.104. The number of rotatable bonds is 6. The Hall–Kier alpha value is -3.48. The maximum Gasteiger partial charge on any atom is 0.318 e. The third-order valence-electron chi connectivity index (χ3n) is 8.39. The largest absolute Gasteiger partial charge is 0.462 e. The van der Waals surface area contributed by atoms with E-state index in [0.717, 1.165) is 80.1 Å². The minimum Gasteiger partial charge on any atom is -0.462 e. The maximum atomic E-state index is 15.0. The van der Waals surface area contributed by atoms with E-state index in [0.29, 0.717) is 37.0 Å². The zero-order valence-electron chi connectivity index (χ0n) is 22.6. The fraction of sp³-hybridized carbons (Fsp3) is 0.500. The molecule has 0 spiro atoms. The third-order valence-corrected chi connectivity index (χ3v) is 8.39. The van der Waals surface area contributed by atoms with Gasteiger partial charge in [-0.15, -0.1) is 0 Å². The van der Waals surface area contributed by atoms with Crippen molar-refractivity contribution in [3.05, 3.63) is 53.5 Å². The molecule has 0 amide bonds. The van der Waals surface area contributed by atoms with E-state index in [1.165, 1.54) is 12.5 Å². The zero-order chi connectivity index (χ0) is 26.8. The van der Waals surface area contributed by atoms with Crippen molar-refractivity contribution in [2.75, 3.05) is 56.2 Å². The molecule has 39 heavy (non-hydrogen) atoms. The fourth-order valence-corrected chi connectivity index (χ4v) is 6.29. The summed E-state index contributed by atoms with van der Waals surface area (Å²) >= 11 is 0. The molecule has 9 heteroatoms. The fourth-order valence-electron chi connectivity index (χ4n) is 6.29. The Kier molecular flexibility index (Phi) is 7.49. The molecule has 0 bridgehead atoms. The van der Waals surface area contributed by atoms with Gasteiger partial charge in [-0.05, 0) is 56.8 Å².